The number of hydrogen-bond donors (Lipinski definition) is 1. The molecule has 1 amide bonds. The zero-order chi connectivity index (χ0) is 17.9. The van der Waals surface area contributed by atoms with Crippen molar-refractivity contribution in [3.8, 4) is 0 Å². The van der Waals surface area contributed by atoms with Crippen LogP contribution in [-0.2, 0) is 6.54 Å². The molecule has 0 fully saturated rings. The van der Waals surface area contributed by atoms with Crippen LogP contribution >= 0.6 is 0 Å². The summed E-state index contributed by atoms with van der Waals surface area (Å²) in [5.41, 5.74) is 1.39. The van der Waals surface area contributed by atoms with Crippen LogP contribution in [0.3, 0.4) is 0 Å². The Morgan fingerprint density at radius 1 is 1.04 bits per heavy atom. The lowest BCUT2D eigenvalue weighted by Gasteiger charge is -2.07. The molecule has 0 unspecified atom stereocenters. The number of nitrogens with one attached hydrogen (secondary N) is 1. The maximum absolute atomic E-state index is 12.3. The molecule has 5 nitrogen and oxygen atoms in total. The normalized spacial score (nSPS) is 11.1. The highest BCUT2D eigenvalue weighted by Gasteiger charge is 2.11. The summed E-state index contributed by atoms with van der Waals surface area (Å²) >= 11 is 0. The number of amides is 1. The summed E-state index contributed by atoms with van der Waals surface area (Å²) in [6, 6.07) is 18.4. The van der Waals surface area contributed by atoms with Gasteiger partial charge in [0.1, 0.15) is 5.58 Å². The van der Waals surface area contributed by atoms with Gasteiger partial charge >= 0.3 is 0 Å². The van der Waals surface area contributed by atoms with Crippen molar-refractivity contribution in [1.29, 1.82) is 0 Å². The van der Waals surface area contributed by atoms with Crippen molar-refractivity contribution in [3.63, 3.8) is 0 Å². The Morgan fingerprint density at radius 3 is 2.77 bits per heavy atom. The predicted octanol–water partition coefficient (Wildman–Crippen LogP) is 3.57. The highest BCUT2D eigenvalue weighted by Crippen LogP contribution is 2.15. The molecule has 0 saturated carbocycles. The average molecular weight is 346 g/mol. The Hall–Kier alpha value is -3.34. The SMILES string of the molecule is O=C(NCCCn1ccc2ccccc21)c1cc(=O)c2ccccc2o1. The molecule has 2 aromatic heterocycles. The van der Waals surface area contributed by atoms with Crippen LogP contribution in [0, 0.1) is 0 Å². The molecular formula is C21H18N2O3. The fourth-order valence-electron chi connectivity index (χ4n) is 3.09. The van der Waals surface area contributed by atoms with Gasteiger partial charge in [-0.1, -0.05) is 30.3 Å². The molecule has 0 aliphatic carbocycles. The van der Waals surface area contributed by atoms with Crippen LogP contribution in [0.5, 0.6) is 0 Å². The molecule has 0 atom stereocenters. The third-order valence-electron chi connectivity index (χ3n) is 4.40. The van der Waals surface area contributed by atoms with Crippen LogP contribution in [0.25, 0.3) is 21.9 Å². The molecule has 1 N–H and O–H groups in total. The topological polar surface area (TPSA) is 64.2 Å². The fraction of sp³-hybridized carbons (Fsp3) is 0.143. The van der Waals surface area contributed by atoms with E-state index in [1.807, 2.05) is 12.1 Å². The molecule has 0 saturated heterocycles. The van der Waals surface area contributed by atoms with Gasteiger partial charge in [0, 0.05) is 30.9 Å². The van der Waals surface area contributed by atoms with Gasteiger partial charge in [0.25, 0.3) is 5.91 Å². The van der Waals surface area contributed by atoms with E-state index in [4.69, 9.17) is 4.42 Å². The van der Waals surface area contributed by atoms with Crippen LogP contribution in [0.4, 0.5) is 0 Å². The molecular weight excluding hydrogens is 328 g/mol. The largest absolute Gasteiger partial charge is 0.451 e. The second kappa shape index (κ2) is 6.88. The van der Waals surface area contributed by atoms with E-state index in [-0.39, 0.29) is 17.1 Å². The predicted molar refractivity (Wildman–Crippen MR) is 101 cm³/mol. The lowest BCUT2D eigenvalue weighted by molar-refractivity contribution is 0.0925. The summed E-state index contributed by atoms with van der Waals surface area (Å²) in [5.74, 6) is -0.328. The van der Waals surface area contributed by atoms with E-state index in [0.29, 0.717) is 17.5 Å². The zero-order valence-corrected chi connectivity index (χ0v) is 14.1. The summed E-state index contributed by atoms with van der Waals surface area (Å²) in [5, 5.41) is 4.50. The highest BCUT2D eigenvalue weighted by molar-refractivity contribution is 5.93. The number of benzene rings is 2. The second-order valence-electron chi connectivity index (χ2n) is 6.15. The van der Waals surface area contributed by atoms with Crippen molar-refractivity contribution in [1.82, 2.24) is 9.88 Å². The van der Waals surface area contributed by atoms with E-state index in [2.05, 4.69) is 34.3 Å². The smallest absolute Gasteiger partial charge is 0.287 e. The Bertz CT molecular complexity index is 1140. The molecule has 0 radical (unpaired) electrons. The quantitative estimate of drug-likeness (QED) is 0.562. The first-order chi connectivity index (χ1) is 12.7. The second-order valence-corrected chi connectivity index (χ2v) is 6.15. The van der Waals surface area contributed by atoms with Gasteiger partial charge in [-0.05, 0) is 36.1 Å². The monoisotopic (exact) mass is 346 g/mol. The van der Waals surface area contributed by atoms with Crippen molar-refractivity contribution in [2.24, 2.45) is 0 Å². The lowest BCUT2D eigenvalue weighted by atomic mass is 10.2. The van der Waals surface area contributed by atoms with Crippen LogP contribution in [0.2, 0.25) is 0 Å². The summed E-state index contributed by atoms with van der Waals surface area (Å²) in [7, 11) is 0. The van der Waals surface area contributed by atoms with E-state index in [1.165, 1.54) is 17.0 Å². The maximum atomic E-state index is 12.3. The maximum Gasteiger partial charge on any atom is 0.287 e. The van der Waals surface area contributed by atoms with E-state index in [1.54, 1.807) is 24.3 Å². The molecule has 4 rings (SSSR count). The van der Waals surface area contributed by atoms with Gasteiger partial charge in [-0.2, -0.15) is 0 Å². The third-order valence-corrected chi connectivity index (χ3v) is 4.40. The average Bonchev–Trinajstić information content (AvgIpc) is 3.08. The first-order valence-electron chi connectivity index (χ1n) is 8.57. The Labute approximate surface area is 149 Å². The van der Waals surface area contributed by atoms with Crippen molar-refractivity contribution in [3.05, 3.63) is 82.8 Å². The minimum atomic E-state index is -0.370. The molecule has 130 valence electrons. The van der Waals surface area contributed by atoms with Gasteiger partial charge < -0.3 is 14.3 Å². The number of hydrogen-bond acceptors (Lipinski definition) is 3. The Kier molecular flexibility index (Phi) is 4.27. The molecule has 2 aromatic carbocycles. The molecule has 0 spiro atoms. The zero-order valence-electron chi connectivity index (χ0n) is 14.1. The molecule has 26 heavy (non-hydrogen) atoms. The lowest BCUT2D eigenvalue weighted by Crippen LogP contribution is -2.26. The van der Waals surface area contributed by atoms with Crippen LogP contribution < -0.4 is 10.7 Å². The molecule has 4 aromatic rings. The number of para-hydroxylation sites is 2. The summed E-state index contributed by atoms with van der Waals surface area (Å²) in [6.45, 7) is 1.30. The van der Waals surface area contributed by atoms with E-state index < -0.39 is 0 Å². The van der Waals surface area contributed by atoms with Crippen LogP contribution in [0.1, 0.15) is 17.0 Å². The number of aromatic nitrogens is 1. The van der Waals surface area contributed by atoms with Crippen LogP contribution in [0.15, 0.2) is 76.1 Å². The fourth-order valence-corrected chi connectivity index (χ4v) is 3.09. The third kappa shape index (κ3) is 3.11. The minimum absolute atomic E-state index is 0.0418. The van der Waals surface area contributed by atoms with Gasteiger partial charge in [-0.3, -0.25) is 9.59 Å². The van der Waals surface area contributed by atoms with Crippen molar-refractivity contribution in [2.45, 2.75) is 13.0 Å². The number of rotatable bonds is 5. The molecule has 5 heteroatoms. The first kappa shape index (κ1) is 16.1. The van der Waals surface area contributed by atoms with E-state index in [0.717, 1.165) is 13.0 Å². The Balaban J connectivity index is 1.39. The van der Waals surface area contributed by atoms with Crippen molar-refractivity contribution >= 4 is 27.8 Å². The highest BCUT2D eigenvalue weighted by atomic mass is 16.3. The molecule has 0 aliphatic rings. The van der Waals surface area contributed by atoms with Crippen molar-refractivity contribution < 1.29 is 9.21 Å². The molecule has 0 aliphatic heterocycles. The van der Waals surface area contributed by atoms with Crippen LogP contribution in [-0.4, -0.2) is 17.0 Å². The summed E-state index contributed by atoms with van der Waals surface area (Å²) in [4.78, 5) is 24.3. The van der Waals surface area contributed by atoms with Gasteiger partial charge in [0.15, 0.2) is 11.2 Å². The first-order valence-corrected chi connectivity index (χ1v) is 8.57. The standard InChI is InChI=1S/C21H18N2O3/c24-18-14-20(26-19-9-4-2-7-16(18)19)21(25)22-11-5-12-23-13-10-15-6-1-3-8-17(15)23/h1-4,6-10,13-14H,5,11-12H2,(H,22,25). The van der Waals surface area contributed by atoms with Gasteiger partial charge in [-0.25, -0.2) is 0 Å². The van der Waals surface area contributed by atoms with Crippen molar-refractivity contribution in [2.75, 3.05) is 6.54 Å². The van der Waals surface area contributed by atoms with E-state index in [9.17, 15) is 9.59 Å². The number of carbonyl (C=O) groups excluding carboxylic acids is 1. The van der Waals surface area contributed by atoms with E-state index >= 15 is 0 Å². The number of carbonyl (C=O) groups is 1. The molecule has 0 bridgehead atoms. The van der Waals surface area contributed by atoms with Gasteiger partial charge in [0.05, 0.1) is 5.39 Å². The Morgan fingerprint density at radius 2 is 1.85 bits per heavy atom. The molecule has 2 heterocycles. The van der Waals surface area contributed by atoms with Gasteiger partial charge in [-0.15, -0.1) is 0 Å². The number of nitrogens with zero attached hydrogens (tertiary/aromatic N) is 1. The number of fused-ring (bicyclic) bond motifs is 2. The number of aryl methyl sites for hydroxylation is 1. The summed E-state index contributed by atoms with van der Waals surface area (Å²) in [6.07, 6.45) is 2.83. The van der Waals surface area contributed by atoms with Gasteiger partial charge in [0.2, 0.25) is 0 Å². The minimum Gasteiger partial charge on any atom is -0.451 e. The summed E-state index contributed by atoms with van der Waals surface area (Å²) < 4.78 is 7.71.